The van der Waals surface area contributed by atoms with Crippen molar-refractivity contribution in [2.45, 2.75) is 53.0 Å². The van der Waals surface area contributed by atoms with E-state index in [0.717, 1.165) is 29.4 Å². The zero-order valence-electron chi connectivity index (χ0n) is 22.5. The van der Waals surface area contributed by atoms with E-state index in [1.807, 2.05) is 42.5 Å². The number of amides is 1. The molecule has 1 amide bonds. The lowest BCUT2D eigenvalue weighted by Crippen LogP contribution is -2.25. The number of rotatable bonds is 9. The Labute approximate surface area is 220 Å². The molecule has 0 aliphatic carbocycles. The Kier molecular flexibility index (Phi) is 7.82. The lowest BCUT2D eigenvalue weighted by atomic mass is 9.72. The number of ether oxygens (including phenoxy) is 1. The number of hydrogen-bond acceptors (Lipinski definition) is 3. The standard InChI is InChI=1S/C32H37N3O2/c1-31(2,3)23-32(4,5)26-15-17-27(18-16-26)37-22-30(36)34-33-19-25-21-35(20-24-11-7-6-8-12-24)29-14-10-9-13-28(25)29/h6-19,21H,20,22-23H2,1-5H3,(H,34,36)/b33-19-. The van der Waals surface area contributed by atoms with E-state index < -0.39 is 0 Å². The maximum Gasteiger partial charge on any atom is 0.277 e. The molecule has 1 heterocycles. The Morgan fingerprint density at radius 1 is 0.919 bits per heavy atom. The van der Waals surface area contributed by atoms with Crippen LogP contribution in [-0.2, 0) is 16.8 Å². The number of nitrogens with zero attached hydrogens (tertiary/aromatic N) is 2. The Balaban J connectivity index is 1.34. The van der Waals surface area contributed by atoms with Crippen molar-refractivity contribution in [1.82, 2.24) is 9.99 Å². The quantitative estimate of drug-likeness (QED) is 0.202. The third-order valence-electron chi connectivity index (χ3n) is 6.39. The van der Waals surface area contributed by atoms with E-state index in [-0.39, 0.29) is 23.3 Å². The second-order valence-electron chi connectivity index (χ2n) is 11.4. The summed E-state index contributed by atoms with van der Waals surface area (Å²) in [4.78, 5) is 12.3. The first kappa shape index (κ1) is 26.2. The van der Waals surface area contributed by atoms with Gasteiger partial charge in [-0.1, -0.05) is 95.3 Å². The van der Waals surface area contributed by atoms with Crippen molar-refractivity contribution in [1.29, 1.82) is 0 Å². The summed E-state index contributed by atoms with van der Waals surface area (Å²) in [5.74, 6) is 0.361. The summed E-state index contributed by atoms with van der Waals surface area (Å²) in [6.07, 6.45) is 4.83. The van der Waals surface area contributed by atoms with Gasteiger partial charge >= 0.3 is 0 Å². The Bertz CT molecular complexity index is 1360. The first-order valence-electron chi connectivity index (χ1n) is 12.8. The Morgan fingerprint density at radius 2 is 1.59 bits per heavy atom. The van der Waals surface area contributed by atoms with E-state index in [1.165, 1.54) is 11.1 Å². The van der Waals surface area contributed by atoms with Crippen LogP contribution in [0.25, 0.3) is 10.9 Å². The lowest BCUT2D eigenvalue weighted by molar-refractivity contribution is -0.123. The molecule has 0 saturated heterocycles. The van der Waals surface area contributed by atoms with E-state index in [4.69, 9.17) is 4.74 Å². The lowest BCUT2D eigenvalue weighted by Gasteiger charge is -2.33. The summed E-state index contributed by atoms with van der Waals surface area (Å²) < 4.78 is 7.89. The van der Waals surface area contributed by atoms with Crippen LogP contribution in [0.15, 0.2) is 90.2 Å². The molecular formula is C32H37N3O2. The summed E-state index contributed by atoms with van der Waals surface area (Å²) in [7, 11) is 0. The van der Waals surface area contributed by atoms with Gasteiger partial charge in [0.1, 0.15) is 5.75 Å². The zero-order chi connectivity index (χ0) is 26.5. The molecule has 0 aliphatic heterocycles. The molecule has 5 heteroatoms. The first-order chi connectivity index (χ1) is 17.6. The van der Waals surface area contributed by atoms with Gasteiger partial charge in [0.2, 0.25) is 0 Å². The highest BCUT2D eigenvalue weighted by Crippen LogP contribution is 2.36. The monoisotopic (exact) mass is 495 g/mol. The molecule has 37 heavy (non-hydrogen) atoms. The van der Waals surface area contributed by atoms with Crippen LogP contribution in [-0.4, -0.2) is 23.3 Å². The molecule has 1 N–H and O–H groups in total. The maximum absolute atomic E-state index is 12.3. The van der Waals surface area contributed by atoms with E-state index in [9.17, 15) is 4.79 Å². The minimum atomic E-state index is -0.304. The summed E-state index contributed by atoms with van der Waals surface area (Å²) in [5.41, 5.74) is 7.44. The van der Waals surface area contributed by atoms with Crippen molar-refractivity contribution < 1.29 is 9.53 Å². The van der Waals surface area contributed by atoms with Crippen molar-refractivity contribution in [3.8, 4) is 5.75 Å². The number of para-hydroxylation sites is 1. The average Bonchev–Trinajstić information content (AvgIpc) is 3.19. The van der Waals surface area contributed by atoms with E-state index in [0.29, 0.717) is 5.75 Å². The molecule has 4 rings (SSSR count). The fourth-order valence-corrected chi connectivity index (χ4v) is 5.07. The van der Waals surface area contributed by atoms with Crippen LogP contribution in [0.4, 0.5) is 0 Å². The van der Waals surface area contributed by atoms with Gasteiger partial charge in [-0.15, -0.1) is 0 Å². The van der Waals surface area contributed by atoms with Crippen LogP contribution in [0.2, 0.25) is 0 Å². The number of nitrogens with one attached hydrogen (secondary N) is 1. The summed E-state index contributed by atoms with van der Waals surface area (Å²) in [5, 5.41) is 5.27. The summed E-state index contributed by atoms with van der Waals surface area (Å²) in [6, 6.07) is 26.6. The molecular weight excluding hydrogens is 458 g/mol. The zero-order valence-corrected chi connectivity index (χ0v) is 22.5. The molecule has 1 aromatic heterocycles. The molecule has 4 aromatic rings. The van der Waals surface area contributed by atoms with Crippen LogP contribution in [0, 0.1) is 5.41 Å². The molecule has 0 saturated carbocycles. The highest BCUT2D eigenvalue weighted by molar-refractivity contribution is 5.99. The van der Waals surface area contributed by atoms with Crippen molar-refractivity contribution in [2.24, 2.45) is 10.5 Å². The molecule has 0 atom stereocenters. The molecule has 0 spiro atoms. The number of carbonyl (C=O) groups excluding carboxylic acids is 1. The van der Waals surface area contributed by atoms with E-state index >= 15 is 0 Å². The molecule has 0 radical (unpaired) electrons. The van der Waals surface area contributed by atoms with Crippen molar-refractivity contribution in [2.75, 3.05) is 6.61 Å². The number of benzene rings is 3. The predicted octanol–water partition coefficient (Wildman–Crippen LogP) is 6.93. The Hall–Kier alpha value is -3.86. The number of fused-ring (bicyclic) bond motifs is 1. The van der Waals surface area contributed by atoms with Crippen LogP contribution in [0.1, 0.15) is 57.7 Å². The second-order valence-corrected chi connectivity index (χ2v) is 11.4. The smallest absolute Gasteiger partial charge is 0.277 e. The average molecular weight is 496 g/mol. The first-order valence-corrected chi connectivity index (χ1v) is 12.8. The van der Waals surface area contributed by atoms with Gasteiger partial charge in [0.25, 0.3) is 5.91 Å². The molecule has 0 bridgehead atoms. The van der Waals surface area contributed by atoms with Gasteiger partial charge in [0.15, 0.2) is 6.61 Å². The fourth-order valence-electron chi connectivity index (χ4n) is 5.07. The van der Waals surface area contributed by atoms with Gasteiger partial charge in [-0.2, -0.15) is 5.10 Å². The molecule has 192 valence electrons. The second kappa shape index (κ2) is 11.0. The SMILES string of the molecule is CC(C)(C)CC(C)(C)c1ccc(OCC(=O)N/N=C\c2cn(Cc3ccccc3)c3ccccc23)cc1. The largest absolute Gasteiger partial charge is 0.484 e. The summed E-state index contributed by atoms with van der Waals surface area (Å²) in [6.45, 7) is 12.0. The number of hydrogen-bond donors (Lipinski definition) is 1. The summed E-state index contributed by atoms with van der Waals surface area (Å²) >= 11 is 0. The van der Waals surface area contributed by atoms with E-state index in [1.54, 1.807) is 6.21 Å². The van der Waals surface area contributed by atoms with Gasteiger partial charge < -0.3 is 9.30 Å². The van der Waals surface area contributed by atoms with E-state index in [2.05, 4.69) is 92.3 Å². The van der Waals surface area contributed by atoms with Gasteiger partial charge in [0, 0.05) is 29.2 Å². The van der Waals surface area contributed by atoms with Gasteiger partial charge in [-0.05, 0) is 46.6 Å². The normalized spacial score (nSPS) is 12.2. The fraction of sp³-hybridized carbons (Fsp3) is 0.312. The Morgan fingerprint density at radius 3 is 2.30 bits per heavy atom. The van der Waals surface area contributed by atoms with Crippen molar-refractivity contribution >= 4 is 23.0 Å². The van der Waals surface area contributed by atoms with Crippen molar-refractivity contribution in [3.63, 3.8) is 0 Å². The van der Waals surface area contributed by atoms with Crippen molar-refractivity contribution in [3.05, 3.63) is 102 Å². The predicted molar refractivity (Wildman–Crippen MR) is 152 cm³/mol. The third-order valence-corrected chi connectivity index (χ3v) is 6.39. The minimum absolute atomic E-state index is 0.0626. The van der Waals surface area contributed by atoms with Crippen LogP contribution in [0.5, 0.6) is 5.75 Å². The molecule has 0 aliphatic rings. The number of hydrazone groups is 1. The topological polar surface area (TPSA) is 55.6 Å². The van der Waals surface area contributed by atoms with Gasteiger partial charge in [0.05, 0.1) is 6.21 Å². The minimum Gasteiger partial charge on any atom is -0.484 e. The van der Waals surface area contributed by atoms with Crippen LogP contribution < -0.4 is 10.2 Å². The number of carbonyl (C=O) groups is 1. The van der Waals surface area contributed by atoms with Crippen LogP contribution >= 0.6 is 0 Å². The molecule has 0 unspecified atom stereocenters. The molecule has 3 aromatic carbocycles. The van der Waals surface area contributed by atoms with Gasteiger partial charge in [-0.25, -0.2) is 5.43 Å². The molecule has 0 fully saturated rings. The number of aromatic nitrogens is 1. The maximum atomic E-state index is 12.3. The molecule has 5 nitrogen and oxygen atoms in total. The highest BCUT2D eigenvalue weighted by Gasteiger charge is 2.27. The highest BCUT2D eigenvalue weighted by atomic mass is 16.5. The van der Waals surface area contributed by atoms with Crippen LogP contribution in [0.3, 0.4) is 0 Å². The van der Waals surface area contributed by atoms with Gasteiger partial charge in [-0.3, -0.25) is 4.79 Å². The third kappa shape index (κ3) is 7.10.